The van der Waals surface area contributed by atoms with Gasteiger partial charge in [0.15, 0.2) is 0 Å². The van der Waals surface area contributed by atoms with Gasteiger partial charge in [0.25, 0.3) is 0 Å². The summed E-state index contributed by atoms with van der Waals surface area (Å²) >= 11 is 0. The minimum atomic E-state index is -4.56. The smallest absolute Gasteiger partial charge is 0.126 e. The fourth-order valence-electron chi connectivity index (χ4n) is 2.25. The summed E-state index contributed by atoms with van der Waals surface area (Å²) in [5, 5.41) is 4.60. The third kappa shape index (κ3) is 2.74. The predicted octanol–water partition coefficient (Wildman–Crippen LogP) is 3.49. The molecule has 0 spiro atoms. The first kappa shape index (κ1) is 13.6. The largest absolute Gasteiger partial charge is 0.744 e. The van der Waals surface area contributed by atoms with Crippen molar-refractivity contribution in [3.63, 3.8) is 0 Å². The normalized spacial score (nSPS) is 11.5. The molecule has 1 N–H and O–H groups in total. The van der Waals surface area contributed by atoms with Crippen LogP contribution in [0.1, 0.15) is 0 Å². The summed E-state index contributed by atoms with van der Waals surface area (Å²) in [4.78, 5) is -0.245. The molecular weight excluding hydrogens is 286 g/mol. The highest BCUT2D eigenvalue weighted by Gasteiger charge is 2.12. The molecule has 0 unspecified atom stereocenters. The summed E-state index contributed by atoms with van der Waals surface area (Å²) < 4.78 is 34.5. The topological polar surface area (TPSA) is 69.2 Å². The zero-order chi connectivity index (χ0) is 14.9. The molecule has 0 aliphatic rings. The number of hydrogen-bond donors (Lipinski definition) is 1. The predicted molar refractivity (Wildman–Crippen MR) is 81.6 cm³/mol. The third-order valence-electron chi connectivity index (χ3n) is 3.20. The van der Waals surface area contributed by atoms with Gasteiger partial charge in [0.05, 0.1) is 10.6 Å². The average molecular weight is 298 g/mol. The van der Waals surface area contributed by atoms with Gasteiger partial charge < -0.3 is 9.87 Å². The summed E-state index contributed by atoms with van der Waals surface area (Å²) in [7, 11) is -4.56. The minimum absolute atomic E-state index is 0.245. The fourth-order valence-corrected chi connectivity index (χ4v) is 2.90. The maximum Gasteiger partial charge on any atom is 0.126 e. The molecule has 3 rings (SSSR count). The van der Waals surface area contributed by atoms with Crippen LogP contribution in [-0.2, 0) is 10.1 Å². The van der Waals surface area contributed by atoms with Gasteiger partial charge in [-0.15, -0.1) is 0 Å². The molecule has 106 valence electrons. The maximum absolute atomic E-state index is 11.5. The first-order chi connectivity index (χ1) is 10.1. The van der Waals surface area contributed by atoms with Gasteiger partial charge in [0.1, 0.15) is 10.1 Å². The Morgan fingerprint density at radius 1 is 0.810 bits per heavy atom. The van der Waals surface area contributed by atoms with Crippen molar-refractivity contribution in [1.29, 1.82) is 0 Å². The number of nitrogens with one attached hydrogen (secondary N) is 1. The Balaban J connectivity index is 2.26. The second-order valence-corrected chi connectivity index (χ2v) is 5.95. The molecule has 3 aromatic carbocycles. The molecule has 21 heavy (non-hydrogen) atoms. The highest BCUT2D eigenvalue weighted by molar-refractivity contribution is 7.86. The Morgan fingerprint density at radius 3 is 2.19 bits per heavy atom. The van der Waals surface area contributed by atoms with Gasteiger partial charge in [-0.2, -0.15) is 0 Å². The van der Waals surface area contributed by atoms with Crippen LogP contribution in [0.4, 0.5) is 11.4 Å². The second-order valence-electron chi connectivity index (χ2n) is 4.60. The summed E-state index contributed by atoms with van der Waals surface area (Å²) in [6, 6.07) is 19.4. The molecule has 0 aromatic heterocycles. The van der Waals surface area contributed by atoms with Crippen LogP contribution >= 0.6 is 0 Å². The molecule has 3 aromatic rings. The van der Waals surface area contributed by atoms with Crippen molar-refractivity contribution in [2.75, 3.05) is 5.32 Å². The monoisotopic (exact) mass is 298 g/mol. The van der Waals surface area contributed by atoms with E-state index in [0.717, 1.165) is 11.1 Å². The van der Waals surface area contributed by atoms with Crippen LogP contribution in [0, 0.1) is 0 Å². The summed E-state index contributed by atoms with van der Waals surface area (Å²) in [5.41, 5.74) is 1.04. The summed E-state index contributed by atoms with van der Waals surface area (Å²) in [6.45, 7) is 0. The van der Waals surface area contributed by atoms with Crippen molar-refractivity contribution in [2.45, 2.75) is 4.90 Å². The Hall–Kier alpha value is -2.37. The number of anilines is 2. The van der Waals surface area contributed by atoms with E-state index in [9.17, 15) is 13.0 Å². The SMILES string of the molecule is O=S(=O)([O-])c1ccc2ccccc2c1Nc1ccccc1. The molecule has 0 heterocycles. The highest BCUT2D eigenvalue weighted by Crippen LogP contribution is 2.32. The number of fused-ring (bicyclic) bond motifs is 1. The lowest BCUT2D eigenvalue weighted by Gasteiger charge is -2.17. The van der Waals surface area contributed by atoms with Crippen molar-refractivity contribution < 1.29 is 13.0 Å². The molecule has 0 amide bonds. The van der Waals surface area contributed by atoms with Gasteiger partial charge in [-0.3, -0.25) is 0 Å². The average Bonchev–Trinajstić information content (AvgIpc) is 2.47. The van der Waals surface area contributed by atoms with Gasteiger partial charge in [0, 0.05) is 11.1 Å². The quantitative estimate of drug-likeness (QED) is 0.751. The molecule has 0 radical (unpaired) electrons. The number of para-hydroxylation sites is 1. The van der Waals surface area contributed by atoms with Crippen LogP contribution < -0.4 is 5.32 Å². The van der Waals surface area contributed by atoms with Crippen LogP contribution in [0.3, 0.4) is 0 Å². The van der Waals surface area contributed by atoms with E-state index in [2.05, 4.69) is 5.32 Å². The lowest BCUT2D eigenvalue weighted by atomic mass is 10.1. The second kappa shape index (κ2) is 5.20. The van der Waals surface area contributed by atoms with Gasteiger partial charge in [0.2, 0.25) is 0 Å². The van der Waals surface area contributed by atoms with E-state index in [1.54, 1.807) is 18.2 Å². The van der Waals surface area contributed by atoms with E-state index in [1.165, 1.54) is 6.07 Å². The molecule has 0 aliphatic carbocycles. The minimum Gasteiger partial charge on any atom is -0.744 e. The van der Waals surface area contributed by atoms with Crippen molar-refractivity contribution >= 4 is 32.3 Å². The number of rotatable bonds is 3. The van der Waals surface area contributed by atoms with Crippen molar-refractivity contribution in [3.05, 3.63) is 66.7 Å². The maximum atomic E-state index is 11.5. The van der Waals surface area contributed by atoms with Crippen LogP contribution in [-0.4, -0.2) is 13.0 Å². The van der Waals surface area contributed by atoms with E-state index in [4.69, 9.17) is 0 Å². The van der Waals surface area contributed by atoms with E-state index in [0.29, 0.717) is 11.1 Å². The van der Waals surface area contributed by atoms with Crippen molar-refractivity contribution in [1.82, 2.24) is 0 Å². The molecule has 5 heteroatoms. The molecular formula is C16H12NO3S-. The molecule has 0 aliphatic heterocycles. The van der Waals surface area contributed by atoms with Crippen LogP contribution in [0.5, 0.6) is 0 Å². The molecule has 0 fully saturated rings. The van der Waals surface area contributed by atoms with Crippen LogP contribution in [0.25, 0.3) is 10.8 Å². The number of hydrogen-bond acceptors (Lipinski definition) is 4. The van der Waals surface area contributed by atoms with E-state index in [-0.39, 0.29) is 4.90 Å². The van der Waals surface area contributed by atoms with E-state index in [1.807, 2.05) is 42.5 Å². The first-order valence-electron chi connectivity index (χ1n) is 6.35. The Morgan fingerprint density at radius 2 is 1.48 bits per heavy atom. The molecule has 0 saturated carbocycles. The lowest BCUT2D eigenvalue weighted by molar-refractivity contribution is 0.463. The zero-order valence-corrected chi connectivity index (χ0v) is 11.8. The summed E-state index contributed by atoms with van der Waals surface area (Å²) in [6.07, 6.45) is 0. The van der Waals surface area contributed by atoms with E-state index >= 15 is 0 Å². The molecule has 0 atom stereocenters. The zero-order valence-electron chi connectivity index (χ0n) is 11.0. The van der Waals surface area contributed by atoms with Gasteiger partial charge in [-0.25, -0.2) is 8.42 Å². The van der Waals surface area contributed by atoms with Gasteiger partial charge in [-0.05, 0) is 23.6 Å². The van der Waals surface area contributed by atoms with Crippen molar-refractivity contribution in [3.8, 4) is 0 Å². The Kier molecular flexibility index (Phi) is 3.37. The molecule has 4 nitrogen and oxygen atoms in total. The summed E-state index contributed by atoms with van der Waals surface area (Å²) in [5.74, 6) is 0. The van der Waals surface area contributed by atoms with Crippen LogP contribution in [0.2, 0.25) is 0 Å². The fraction of sp³-hybridized carbons (Fsp3) is 0. The first-order valence-corrected chi connectivity index (χ1v) is 7.76. The van der Waals surface area contributed by atoms with Gasteiger partial charge in [-0.1, -0.05) is 48.5 Å². The van der Waals surface area contributed by atoms with Crippen LogP contribution in [0.15, 0.2) is 71.6 Å². The molecule has 0 saturated heterocycles. The Labute approximate surface area is 122 Å². The Bertz CT molecular complexity index is 890. The highest BCUT2D eigenvalue weighted by atomic mass is 32.2. The van der Waals surface area contributed by atoms with Crippen molar-refractivity contribution in [2.24, 2.45) is 0 Å². The number of benzene rings is 3. The lowest BCUT2D eigenvalue weighted by Crippen LogP contribution is -2.04. The van der Waals surface area contributed by atoms with E-state index < -0.39 is 10.1 Å². The standard InChI is InChI=1S/C16H13NO3S/c18-21(19,20)15-11-10-12-6-4-5-9-14(12)16(15)17-13-7-2-1-3-8-13/h1-11,17H,(H,18,19,20)/p-1. The van der Waals surface area contributed by atoms with Gasteiger partial charge >= 0.3 is 0 Å². The molecule has 0 bridgehead atoms. The third-order valence-corrected chi connectivity index (χ3v) is 4.08.